The lowest BCUT2D eigenvalue weighted by atomic mass is 10.2. The van der Waals surface area contributed by atoms with Crippen LogP contribution in [0.15, 0.2) is 6.07 Å². The van der Waals surface area contributed by atoms with Gasteiger partial charge in [0.15, 0.2) is 0 Å². The maximum absolute atomic E-state index is 5.26. The molecule has 6 heteroatoms. The van der Waals surface area contributed by atoms with Gasteiger partial charge in [0.1, 0.15) is 10.6 Å². The van der Waals surface area contributed by atoms with Crippen LogP contribution in [0.2, 0.25) is 0 Å². The summed E-state index contributed by atoms with van der Waals surface area (Å²) in [5.74, 6) is 1.58. The number of methoxy groups -OCH3 is 1. The number of nitrogens with one attached hydrogen (secondary N) is 2. The third kappa shape index (κ3) is 3.83. The van der Waals surface area contributed by atoms with E-state index >= 15 is 0 Å². The van der Waals surface area contributed by atoms with E-state index in [1.54, 1.807) is 18.4 Å². The number of hydrogen-bond donors (Lipinski definition) is 2. The predicted molar refractivity (Wildman–Crippen MR) is 90.5 cm³/mol. The molecule has 0 aliphatic rings. The molecule has 0 aliphatic heterocycles. The summed E-state index contributed by atoms with van der Waals surface area (Å²) in [4.78, 5) is 11.6. The van der Waals surface area contributed by atoms with Crippen molar-refractivity contribution in [3.63, 3.8) is 0 Å². The predicted octanol–water partition coefficient (Wildman–Crippen LogP) is 3.52. The summed E-state index contributed by atoms with van der Waals surface area (Å²) in [5.41, 5.74) is 0. The van der Waals surface area contributed by atoms with Gasteiger partial charge in [-0.05, 0) is 25.8 Å². The number of thiophene rings is 1. The van der Waals surface area contributed by atoms with Crippen LogP contribution >= 0.6 is 11.3 Å². The van der Waals surface area contributed by atoms with Gasteiger partial charge in [0, 0.05) is 18.5 Å². The fourth-order valence-electron chi connectivity index (χ4n) is 2.15. The van der Waals surface area contributed by atoms with Crippen LogP contribution in [-0.4, -0.2) is 36.3 Å². The quantitative estimate of drug-likeness (QED) is 0.781. The number of rotatable bonds is 8. The molecule has 0 aliphatic carbocycles. The molecule has 1 unspecified atom stereocenters. The molecule has 2 N–H and O–H groups in total. The minimum absolute atomic E-state index is 0.257. The molecule has 0 saturated heterocycles. The molecule has 0 fully saturated rings. The second-order valence-electron chi connectivity index (χ2n) is 4.92. The Labute approximate surface area is 130 Å². The number of aryl methyl sites for hydroxylation is 1. The van der Waals surface area contributed by atoms with E-state index in [4.69, 9.17) is 4.74 Å². The molecule has 5 nitrogen and oxygen atoms in total. The lowest BCUT2D eigenvalue weighted by Gasteiger charge is -2.17. The van der Waals surface area contributed by atoms with Crippen molar-refractivity contribution in [2.45, 2.75) is 39.7 Å². The fraction of sp³-hybridized carbons (Fsp3) is 0.600. The third-order valence-electron chi connectivity index (χ3n) is 3.33. The van der Waals surface area contributed by atoms with E-state index < -0.39 is 0 Å². The summed E-state index contributed by atoms with van der Waals surface area (Å²) >= 11 is 1.74. The highest BCUT2D eigenvalue weighted by Crippen LogP contribution is 2.30. The van der Waals surface area contributed by atoms with Gasteiger partial charge >= 0.3 is 0 Å². The lowest BCUT2D eigenvalue weighted by Crippen LogP contribution is -2.24. The van der Waals surface area contributed by atoms with Crippen LogP contribution in [0, 0.1) is 0 Å². The van der Waals surface area contributed by atoms with Crippen LogP contribution in [0.1, 0.15) is 32.1 Å². The molecule has 2 aromatic heterocycles. The van der Waals surface area contributed by atoms with Crippen molar-refractivity contribution >= 4 is 33.3 Å². The smallest absolute Gasteiger partial charge is 0.226 e. The maximum Gasteiger partial charge on any atom is 0.226 e. The summed E-state index contributed by atoms with van der Waals surface area (Å²) in [5, 5.41) is 7.81. The van der Waals surface area contributed by atoms with Gasteiger partial charge in [-0.15, -0.1) is 11.3 Å². The molecule has 1 atom stereocenters. The van der Waals surface area contributed by atoms with Gasteiger partial charge in [-0.2, -0.15) is 4.98 Å². The summed E-state index contributed by atoms with van der Waals surface area (Å²) in [6.07, 6.45) is 2.01. The monoisotopic (exact) mass is 308 g/mol. The topological polar surface area (TPSA) is 59.1 Å². The molecule has 0 spiro atoms. The second kappa shape index (κ2) is 7.56. The molecule has 0 amide bonds. The summed E-state index contributed by atoms with van der Waals surface area (Å²) in [6.45, 7) is 7.84. The molecular formula is C15H24N4OS. The van der Waals surface area contributed by atoms with Crippen molar-refractivity contribution in [2.75, 3.05) is 30.9 Å². The molecule has 0 bridgehead atoms. The Morgan fingerprint density at radius 3 is 2.71 bits per heavy atom. The van der Waals surface area contributed by atoms with Crippen LogP contribution in [-0.2, 0) is 11.2 Å². The SMILES string of the molecule is CCNc1nc(NC(CC)COC)c2cc(CC)sc2n1. The second-order valence-corrected chi connectivity index (χ2v) is 6.03. The van der Waals surface area contributed by atoms with Crippen molar-refractivity contribution in [3.8, 4) is 0 Å². The van der Waals surface area contributed by atoms with Gasteiger partial charge in [-0.1, -0.05) is 13.8 Å². The third-order valence-corrected chi connectivity index (χ3v) is 4.50. The molecule has 2 heterocycles. The molecule has 2 rings (SSSR count). The van der Waals surface area contributed by atoms with E-state index in [0.29, 0.717) is 12.6 Å². The molecule has 0 aromatic carbocycles. The molecular weight excluding hydrogens is 284 g/mol. The molecule has 21 heavy (non-hydrogen) atoms. The van der Waals surface area contributed by atoms with Crippen LogP contribution in [0.5, 0.6) is 0 Å². The number of aromatic nitrogens is 2. The van der Waals surface area contributed by atoms with E-state index in [9.17, 15) is 0 Å². The number of hydrogen-bond acceptors (Lipinski definition) is 6. The first-order chi connectivity index (χ1) is 10.2. The van der Waals surface area contributed by atoms with E-state index in [1.165, 1.54) is 4.88 Å². The van der Waals surface area contributed by atoms with Gasteiger partial charge < -0.3 is 15.4 Å². The van der Waals surface area contributed by atoms with Gasteiger partial charge in [0.25, 0.3) is 0 Å². The first-order valence-corrected chi connectivity index (χ1v) is 8.33. The van der Waals surface area contributed by atoms with Gasteiger partial charge in [-0.25, -0.2) is 4.98 Å². The Hall–Kier alpha value is -1.40. The van der Waals surface area contributed by atoms with E-state index in [-0.39, 0.29) is 6.04 Å². The molecule has 2 aromatic rings. The number of anilines is 2. The van der Waals surface area contributed by atoms with E-state index in [1.807, 2.05) is 6.92 Å². The summed E-state index contributed by atoms with van der Waals surface area (Å²) < 4.78 is 5.26. The average molecular weight is 308 g/mol. The maximum atomic E-state index is 5.26. The Morgan fingerprint density at radius 2 is 2.10 bits per heavy atom. The number of nitrogens with zero attached hydrogens (tertiary/aromatic N) is 2. The van der Waals surface area contributed by atoms with Crippen molar-refractivity contribution in [1.82, 2.24) is 9.97 Å². The normalized spacial score (nSPS) is 12.6. The van der Waals surface area contributed by atoms with E-state index in [0.717, 1.165) is 35.4 Å². The highest BCUT2D eigenvalue weighted by molar-refractivity contribution is 7.18. The van der Waals surface area contributed by atoms with Crippen molar-refractivity contribution in [1.29, 1.82) is 0 Å². The Morgan fingerprint density at radius 1 is 1.29 bits per heavy atom. The van der Waals surface area contributed by atoms with Crippen molar-refractivity contribution in [2.24, 2.45) is 0 Å². The number of fused-ring (bicyclic) bond motifs is 1. The van der Waals surface area contributed by atoms with Crippen LogP contribution in [0.4, 0.5) is 11.8 Å². The zero-order valence-corrected chi connectivity index (χ0v) is 14.0. The Kier molecular flexibility index (Phi) is 5.76. The fourth-order valence-corrected chi connectivity index (χ4v) is 3.12. The Bertz CT molecular complexity index is 584. The Balaban J connectivity index is 2.40. The standard InChI is InChI=1S/C15H24N4OS/c1-5-10(9-20-4)17-13-12-8-11(6-2)21-14(12)19-15(18-13)16-7-3/h8,10H,5-7,9H2,1-4H3,(H2,16,17,18,19). The zero-order valence-electron chi connectivity index (χ0n) is 13.2. The minimum atomic E-state index is 0.257. The van der Waals surface area contributed by atoms with Crippen molar-refractivity contribution < 1.29 is 4.74 Å². The van der Waals surface area contributed by atoms with Gasteiger partial charge in [0.05, 0.1) is 18.0 Å². The zero-order chi connectivity index (χ0) is 15.2. The van der Waals surface area contributed by atoms with E-state index in [2.05, 4.69) is 40.5 Å². The summed E-state index contributed by atoms with van der Waals surface area (Å²) in [7, 11) is 1.73. The van der Waals surface area contributed by atoms with Crippen molar-refractivity contribution in [3.05, 3.63) is 10.9 Å². The van der Waals surface area contributed by atoms with Gasteiger partial charge in [0.2, 0.25) is 5.95 Å². The van der Waals surface area contributed by atoms with Crippen LogP contribution in [0.25, 0.3) is 10.2 Å². The first kappa shape index (κ1) is 16.0. The molecule has 116 valence electrons. The largest absolute Gasteiger partial charge is 0.383 e. The first-order valence-electron chi connectivity index (χ1n) is 7.51. The highest BCUT2D eigenvalue weighted by Gasteiger charge is 2.14. The molecule has 0 saturated carbocycles. The minimum Gasteiger partial charge on any atom is -0.383 e. The van der Waals surface area contributed by atoms with Gasteiger partial charge in [-0.3, -0.25) is 0 Å². The number of ether oxygens (including phenoxy) is 1. The average Bonchev–Trinajstić information content (AvgIpc) is 2.90. The highest BCUT2D eigenvalue weighted by atomic mass is 32.1. The van der Waals surface area contributed by atoms with Crippen LogP contribution in [0.3, 0.4) is 0 Å². The molecule has 0 radical (unpaired) electrons. The van der Waals surface area contributed by atoms with Crippen LogP contribution < -0.4 is 10.6 Å². The lowest BCUT2D eigenvalue weighted by molar-refractivity contribution is 0.184. The summed E-state index contributed by atoms with van der Waals surface area (Å²) in [6, 6.07) is 2.45.